The SMILES string of the molecule is Cn1nnc(COc2ccc(CC(=N)N)cc2)n1. The fourth-order valence-corrected chi connectivity index (χ4v) is 1.45. The van der Waals surface area contributed by atoms with Gasteiger partial charge in [-0.25, -0.2) is 0 Å². The molecule has 7 heteroatoms. The molecule has 1 heterocycles. The zero-order valence-corrected chi connectivity index (χ0v) is 10.00. The van der Waals surface area contributed by atoms with Crippen molar-refractivity contribution in [2.45, 2.75) is 13.0 Å². The van der Waals surface area contributed by atoms with Crippen LogP contribution in [0.2, 0.25) is 0 Å². The number of ether oxygens (including phenoxy) is 1. The van der Waals surface area contributed by atoms with Gasteiger partial charge in [0.25, 0.3) is 0 Å². The van der Waals surface area contributed by atoms with Gasteiger partial charge in [0, 0.05) is 6.42 Å². The summed E-state index contributed by atoms with van der Waals surface area (Å²) in [5.74, 6) is 1.40. The third-order valence-corrected chi connectivity index (χ3v) is 2.24. The average Bonchev–Trinajstić information content (AvgIpc) is 2.74. The maximum absolute atomic E-state index is 7.20. The Kier molecular flexibility index (Phi) is 3.52. The van der Waals surface area contributed by atoms with Crippen molar-refractivity contribution in [1.82, 2.24) is 20.2 Å². The Morgan fingerprint density at radius 3 is 2.67 bits per heavy atom. The maximum atomic E-state index is 7.20. The molecular weight excluding hydrogens is 232 g/mol. The molecule has 2 rings (SSSR count). The third kappa shape index (κ3) is 3.27. The van der Waals surface area contributed by atoms with Gasteiger partial charge >= 0.3 is 0 Å². The summed E-state index contributed by atoms with van der Waals surface area (Å²) >= 11 is 0. The van der Waals surface area contributed by atoms with Gasteiger partial charge in [-0.15, -0.1) is 10.2 Å². The summed E-state index contributed by atoms with van der Waals surface area (Å²) in [6, 6.07) is 7.41. The van der Waals surface area contributed by atoms with Gasteiger partial charge in [0.15, 0.2) is 6.61 Å². The van der Waals surface area contributed by atoms with Crippen LogP contribution in [0.15, 0.2) is 24.3 Å². The number of hydrogen-bond acceptors (Lipinski definition) is 5. The van der Waals surface area contributed by atoms with Crippen LogP contribution in [-0.4, -0.2) is 26.0 Å². The van der Waals surface area contributed by atoms with E-state index in [1.165, 1.54) is 4.80 Å². The first-order valence-corrected chi connectivity index (χ1v) is 5.41. The number of benzene rings is 1. The Morgan fingerprint density at radius 2 is 2.11 bits per heavy atom. The monoisotopic (exact) mass is 246 g/mol. The van der Waals surface area contributed by atoms with E-state index in [4.69, 9.17) is 15.9 Å². The topological polar surface area (TPSA) is 103 Å². The number of aromatic nitrogens is 4. The lowest BCUT2D eigenvalue weighted by Gasteiger charge is -2.04. The molecule has 94 valence electrons. The van der Waals surface area contributed by atoms with Crippen LogP contribution in [0.3, 0.4) is 0 Å². The fourth-order valence-electron chi connectivity index (χ4n) is 1.45. The van der Waals surface area contributed by atoms with Gasteiger partial charge in [-0.2, -0.15) is 4.80 Å². The van der Waals surface area contributed by atoms with Crippen molar-refractivity contribution in [3.05, 3.63) is 35.7 Å². The number of amidine groups is 1. The molecule has 0 atom stereocenters. The summed E-state index contributed by atoms with van der Waals surface area (Å²) in [6.07, 6.45) is 0.450. The molecule has 0 aliphatic carbocycles. The van der Waals surface area contributed by atoms with E-state index in [1.54, 1.807) is 7.05 Å². The molecule has 0 spiro atoms. The largest absolute Gasteiger partial charge is 0.485 e. The molecule has 18 heavy (non-hydrogen) atoms. The molecule has 0 bridgehead atoms. The van der Waals surface area contributed by atoms with Crippen molar-refractivity contribution in [3.8, 4) is 5.75 Å². The van der Waals surface area contributed by atoms with E-state index in [0.717, 1.165) is 11.3 Å². The zero-order valence-electron chi connectivity index (χ0n) is 10.00. The van der Waals surface area contributed by atoms with Crippen molar-refractivity contribution in [3.63, 3.8) is 0 Å². The molecule has 0 saturated heterocycles. The molecule has 0 unspecified atom stereocenters. The summed E-state index contributed by atoms with van der Waals surface area (Å²) in [7, 11) is 1.70. The minimum absolute atomic E-state index is 0.146. The van der Waals surface area contributed by atoms with Crippen LogP contribution < -0.4 is 10.5 Å². The molecule has 3 N–H and O–H groups in total. The molecule has 0 fully saturated rings. The molecular formula is C11H14N6O. The van der Waals surface area contributed by atoms with Gasteiger partial charge in [0.05, 0.1) is 12.9 Å². The van der Waals surface area contributed by atoms with Gasteiger partial charge in [-0.05, 0) is 22.9 Å². The number of aryl methyl sites for hydroxylation is 1. The fraction of sp³-hybridized carbons (Fsp3) is 0.273. The normalized spacial score (nSPS) is 10.3. The number of nitrogens with one attached hydrogen (secondary N) is 1. The molecule has 2 aromatic rings. The number of hydrogen-bond donors (Lipinski definition) is 2. The Labute approximate surface area is 104 Å². The first-order valence-electron chi connectivity index (χ1n) is 5.41. The summed E-state index contributed by atoms with van der Waals surface area (Å²) < 4.78 is 5.50. The van der Waals surface area contributed by atoms with Crippen LogP contribution in [0.4, 0.5) is 0 Å². The highest BCUT2D eigenvalue weighted by molar-refractivity contribution is 5.79. The molecule has 0 saturated carbocycles. The van der Waals surface area contributed by atoms with Crippen molar-refractivity contribution in [2.75, 3.05) is 0 Å². The molecule has 0 aliphatic rings. The Balaban J connectivity index is 1.92. The quantitative estimate of drug-likeness (QED) is 0.582. The van der Waals surface area contributed by atoms with E-state index in [2.05, 4.69) is 15.4 Å². The lowest BCUT2D eigenvalue weighted by molar-refractivity contribution is 0.295. The van der Waals surface area contributed by atoms with Crippen LogP contribution in [0.1, 0.15) is 11.4 Å². The van der Waals surface area contributed by atoms with Gasteiger partial charge < -0.3 is 10.5 Å². The average molecular weight is 246 g/mol. The van der Waals surface area contributed by atoms with Gasteiger partial charge in [0.1, 0.15) is 5.75 Å². The smallest absolute Gasteiger partial charge is 0.212 e. The third-order valence-electron chi connectivity index (χ3n) is 2.24. The lowest BCUT2D eigenvalue weighted by atomic mass is 10.1. The standard InChI is InChI=1S/C11H14N6O/c1-17-15-11(14-16-17)7-18-9-4-2-8(3-5-9)6-10(12)13/h2-5H,6-7H2,1H3,(H3,12,13). The van der Waals surface area contributed by atoms with E-state index in [0.29, 0.717) is 12.2 Å². The minimum atomic E-state index is 0.146. The number of rotatable bonds is 5. The molecule has 1 aromatic heterocycles. The van der Waals surface area contributed by atoms with E-state index in [-0.39, 0.29) is 12.4 Å². The van der Waals surface area contributed by atoms with Crippen molar-refractivity contribution in [1.29, 1.82) is 5.41 Å². The van der Waals surface area contributed by atoms with Gasteiger partial charge in [0.2, 0.25) is 5.82 Å². The van der Waals surface area contributed by atoms with Crippen LogP contribution in [-0.2, 0) is 20.1 Å². The highest BCUT2D eigenvalue weighted by Crippen LogP contribution is 2.13. The van der Waals surface area contributed by atoms with Crippen LogP contribution in [0, 0.1) is 5.41 Å². The Bertz CT molecular complexity index is 533. The maximum Gasteiger partial charge on any atom is 0.212 e. The molecule has 0 radical (unpaired) electrons. The molecule has 7 nitrogen and oxygen atoms in total. The molecule has 1 aromatic carbocycles. The summed E-state index contributed by atoms with van der Waals surface area (Å²) in [6.45, 7) is 0.278. The first kappa shape index (κ1) is 12.0. The lowest BCUT2D eigenvalue weighted by Crippen LogP contribution is -2.12. The summed E-state index contributed by atoms with van der Waals surface area (Å²) in [5, 5.41) is 18.7. The second-order valence-electron chi connectivity index (χ2n) is 3.83. The molecule has 0 aliphatic heterocycles. The van der Waals surface area contributed by atoms with Crippen LogP contribution in [0.25, 0.3) is 0 Å². The molecule has 0 amide bonds. The number of nitrogens with zero attached hydrogens (tertiary/aromatic N) is 4. The second-order valence-corrected chi connectivity index (χ2v) is 3.83. The van der Waals surface area contributed by atoms with Crippen LogP contribution >= 0.6 is 0 Å². The predicted octanol–water partition coefficient (Wildman–Crippen LogP) is 0.268. The number of nitrogens with two attached hydrogens (primary N) is 1. The zero-order chi connectivity index (χ0) is 13.0. The first-order chi connectivity index (χ1) is 8.63. The van der Waals surface area contributed by atoms with E-state index in [9.17, 15) is 0 Å². The minimum Gasteiger partial charge on any atom is -0.485 e. The number of tetrazole rings is 1. The van der Waals surface area contributed by atoms with E-state index < -0.39 is 0 Å². The van der Waals surface area contributed by atoms with E-state index >= 15 is 0 Å². The Hall–Kier alpha value is -2.44. The summed E-state index contributed by atoms with van der Waals surface area (Å²) in [4.78, 5) is 1.38. The van der Waals surface area contributed by atoms with Gasteiger partial charge in [-0.3, -0.25) is 5.41 Å². The van der Waals surface area contributed by atoms with Gasteiger partial charge in [-0.1, -0.05) is 12.1 Å². The van der Waals surface area contributed by atoms with Crippen molar-refractivity contribution in [2.24, 2.45) is 12.8 Å². The summed E-state index contributed by atoms with van der Waals surface area (Å²) in [5.41, 5.74) is 6.30. The van der Waals surface area contributed by atoms with Crippen molar-refractivity contribution >= 4 is 5.84 Å². The second kappa shape index (κ2) is 5.26. The van der Waals surface area contributed by atoms with E-state index in [1.807, 2.05) is 24.3 Å². The predicted molar refractivity (Wildman–Crippen MR) is 65.2 cm³/mol. The van der Waals surface area contributed by atoms with Crippen molar-refractivity contribution < 1.29 is 4.74 Å². The highest BCUT2D eigenvalue weighted by Gasteiger charge is 2.02. The highest BCUT2D eigenvalue weighted by atomic mass is 16.5. The Morgan fingerprint density at radius 1 is 1.39 bits per heavy atom. The van der Waals surface area contributed by atoms with Crippen LogP contribution in [0.5, 0.6) is 5.75 Å².